The van der Waals surface area contributed by atoms with Gasteiger partial charge in [0.15, 0.2) is 0 Å². The standard InChI is InChI=1S/C14H20FNO2/c1-18-12-5-4-11(13(15)8-12)9-16-10-14(17)6-2-3-7-14/h4-5,8,16-17H,2-3,6-7,9-10H2,1H3. The van der Waals surface area contributed by atoms with Crippen LogP contribution >= 0.6 is 0 Å². The maximum atomic E-state index is 13.7. The Hall–Kier alpha value is -1.13. The van der Waals surface area contributed by atoms with Gasteiger partial charge in [-0.3, -0.25) is 0 Å². The summed E-state index contributed by atoms with van der Waals surface area (Å²) in [5, 5.41) is 13.3. The highest BCUT2D eigenvalue weighted by Crippen LogP contribution is 2.28. The van der Waals surface area contributed by atoms with Crippen molar-refractivity contribution in [3.8, 4) is 5.75 Å². The van der Waals surface area contributed by atoms with Crippen molar-refractivity contribution in [2.24, 2.45) is 0 Å². The fourth-order valence-electron chi connectivity index (χ4n) is 2.44. The molecule has 0 radical (unpaired) electrons. The van der Waals surface area contributed by atoms with Crippen molar-refractivity contribution in [1.29, 1.82) is 0 Å². The Morgan fingerprint density at radius 1 is 1.39 bits per heavy atom. The second-order valence-electron chi connectivity index (χ2n) is 4.99. The molecule has 1 saturated carbocycles. The van der Waals surface area contributed by atoms with E-state index in [0.29, 0.717) is 24.4 Å². The second-order valence-corrected chi connectivity index (χ2v) is 4.99. The van der Waals surface area contributed by atoms with E-state index >= 15 is 0 Å². The third kappa shape index (κ3) is 3.21. The van der Waals surface area contributed by atoms with E-state index in [1.807, 2.05) is 0 Å². The number of ether oxygens (including phenoxy) is 1. The first-order valence-electron chi connectivity index (χ1n) is 6.38. The summed E-state index contributed by atoms with van der Waals surface area (Å²) in [5.74, 6) is 0.242. The topological polar surface area (TPSA) is 41.5 Å². The van der Waals surface area contributed by atoms with Crippen molar-refractivity contribution < 1.29 is 14.2 Å². The van der Waals surface area contributed by atoms with Crippen LogP contribution < -0.4 is 10.1 Å². The van der Waals surface area contributed by atoms with Crippen LogP contribution in [0.15, 0.2) is 18.2 Å². The van der Waals surface area contributed by atoms with Gasteiger partial charge in [0.2, 0.25) is 0 Å². The number of halogens is 1. The summed E-state index contributed by atoms with van der Waals surface area (Å²) in [6, 6.07) is 4.82. The molecule has 0 spiro atoms. The molecular formula is C14H20FNO2. The molecular weight excluding hydrogens is 233 g/mol. The Kier molecular flexibility index (Phi) is 4.19. The van der Waals surface area contributed by atoms with Crippen molar-refractivity contribution in [2.75, 3.05) is 13.7 Å². The molecule has 0 amide bonds. The maximum absolute atomic E-state index is 13.7. The number of aliphatic hydroxyl groups is 1. The number of benzene rings is 1. The molecule has 2 N–H and O–H groups in total. The smallest absolute Gasteiger partial charge is 0.131 e. The molecule has 0 aliphatic heterocycles. The van der Waals surface area contributed by atoms with Crippen LogP contribution in [0.25, 0.3) is 0 Å². The second kappa shape index (κ2) is 5.67. The van der Waals surface area contributed by atoms with Crippen LogP contribution in [0, 0.1) is 5.82 Å². The highest BCUT2D eigenvalue weighted by Gasteiger charge is 2.30. The zero-order valence-electron chi connectivity index (χ0n) is 10.7. The largest absolute Gasteiger partial charge is 0.497 e. The Bertz CT molecular complexity index is 403. The predicted octanol–water partition coefficient (Wildman–Crippen LogP) is 2.23. The molecule has 100 valence electrons. The molecule has 0 unspecified atom stereocenters. The normalized spacial score (nSPS) is 17.9. The lowest BCUT2D eigenvalue weighted by atomic mass is 10.0. The van der Waals surface area contributed by atoms with Gasteiger partial charge in [-0.15, -0.1) is 0 Å². The first-order valence-corrected chi connectivity index (χ1v) is 6.38. The third-order valence-electron chi connectivity index (χ3n) is 3.56. The molecule has 0 saturated heterocycles. The van der Waals surface area contributed by atoms with Crippen molar-refractivity contribution in [3.05, 3.63) is 29.6 Å². The Labute approximate surface area is 107 Å². The first-order chi connectivity index (χ1) is 8.63. The van der Waals surface area contributed by atoms with E-state index in [1.54, 1.807) is 12.1 Å². The van der Waals surface area contributed by atoms with E-state index in [-0.39, 0.29) is 5.82 Å². The number of hydrogen-bond acceptors (Lipinski definition) is 3. The van der Waals surface area contributed by atoms with Crippen LogP contribution in [-0.2, 0) is 6.54 Å². The fraction of sp³-hybridized carbons (Fsp3) is 0.571. The lowest BCUT2D eigenvalue weighted by Crippen LogP contribution is -2.37. The lowest BCUT2D eigenvalue weighted by molar-refractivity contribution is 0.0474. The molecule has 2 rings (SSSR count). The molecule has 4 heteroatoms. The molecule has 1 aromatic carbocycles. The molecule has 1 aliphatic carbocycles. The van der Waals surface area contributed by atoms with Gasteiger partial charge in [0.1, 0.15) is 11.6 Å². The van der Waals surface area contributed by atoms with Crippen LogP contribution in [0.3, 0.4) is 0 Å². The average Bonchev–Trinajstić information content (AvgIpc) is 2.78. The predicted molar refractivity (Wildman–Crippen MR) is 68.1 cm³/mol. The van der Waals surface area contributed by atoms with Crippen molar-refractivity contribution >= 4 is 0 Å². The van der Waals surface area contributed by atoms with Gasteiger partial charge in [-0.05, 0) is 18.9 Å². The maximum Gasteiger partial charge on any atom is 0.131 e. The summed E-state index contributed by atoms with van der Waals surface area (Å²) in [7, 11) is 1.52. The van der Waals surface area contributed by atoms with Crippen LogP contribution in [0.4, 0.5) is 4.39 Å². The van der Waals surface area contributed by atoms with E-state index in [4.69, 9.17) is 4.74 Å². The summed E-state index contributed by atoms with van der Waals surface area (Å²) in [4.78, 5) is 0. The minimum absolute atomic E-state index is 0.278. The summed E-state index contributed by atoms with van der Waals surface area (Å²) in [6.45, 7) is 0.955. The quantitative estimate of drug-likeness (QED) is 0.845. The number of methoxy groups -OCH3 is 1. The summed E-state index contributed by atoms with van der Waals surface area (Å²) in [5.41, 5.74) is 0.000513. The van der Waals surface area contributed by atoms with E-state index < -0.39 is 5.60 Å². The van der Waals surface area contributed by atoms with Crippen molar-refractivity contribution in [3.63, 3.8) is 0 Å². The van der Waals surface area contributed by atoms with Gasteiger partial charge < -0.3 is 15.2 Å². The monoisotopic (exact) mass is 253 g/mol. The van der Waals surface area contributed by atoms with Crippen LogP contribution in [0.2, 0.25) is 0 Å². The third-order valence-corrected chi connectivity index (χ3v) is 3.56. The van der Waals surface area contributed by atoms with Crippen molar-refractivity contribution in [2.45, 2.75) is 37.8 Å². The molecule has 18 heavy (non-hydrogen) atoms. The average molecular weight is 253 g/mol. The molecule has 1 aliphatic rings. The SMILES string of the molecule is COc1ccc(CNCC2(O)CCCC2)c(F)c1. The van der Waals surface area contributed by atoms with Gasteiger partial charge >= 0.3 is 0 Å². The Morgan fingerprint density at radius 2 is 2.11 bits per heavy atom. The van der Waals surface area contributed by atoms with Gasteiger partial charge in [-0.25, -0.2) is 4.39 Å². The number of hydrogen-bond donors (Lipinski definition) is 2. The highest BCUT2D eigenvalue weighted by molar-refractivity contribution is 5.28. The summed E-state index contributed by atoms with van der Waals surface area (Å²) in [6.07, 6.45) is 3.83. The van der Waals surface area contributed by atoms with Crippen LogP contribution in [0.1, 0.15) is 31.2 Å². The number of nitrogens with one attached hydrogen (secondary N) is 1. The molecule has 0 bridgehead atoms. The van der Waals surface area contributed by atoms with Gasteiger partial charge in [-0.1, -0.05) is 18.9 Å². The minimum Gasteiger partial charge on any atom is -0.497 e. The molecule has 1 fully saturated rings. The van der Waals surface area contributed by atoms with Crippen LogP contribution in [-0.4, -0.2) is 24.4 Å². The molecule has 0 heterocycles. The first kappa shape index (κ1) is 13.3. The number of rotatable bonds is 5. The van der Waals surface area contributed by atoms with Gasteiger partial charge in [0.05, 0.1) is 12.7 Å². The van der Waals surface area contributed by atoms with E-state index in [1.165, 1.54) is 13.2 Å². The van der Waals surface area contributed by atoms with E-state index in [2.05, 4.69) is 5.32 Å². The van der Waals surface area contributed by atoms with E-state index in [9.17, 15) is 9.50 Å². The fourth-order valence-corrected chi connectivity index (χ4v) is 2.44. The lowest BCUT2D eigenvalue weighted by Gasteiger charge is -2.22. The molecule has 0 aromatic heterocycles. The van der Waals surface area contributed by atoms with Crippen molar-refractivity contribution in [1.82, 2.24) is 5.32 Å². The molecule has 0 atom stereocenters. The van der Waals surface area contributed by atoms with Gasteiger partial charge in [0, 0.05) is 24.7 Å². The zero-order valence-corrected chi connectivity index (χ0v) is 10.7. The Morgan fingerprint density at radius 3 is 2.72 bits per heavy atom. The van der Waals surface area contributed by atoms with Gasteiger partial charge in [-0.2, -0.15) is 0 Å². The Balaban J connectivity index is 1.86. The van der Waals surface area contributed by atoms with Gasteiger partial charge in [0.25, 0.3) is 0 Å². The molecule has 3 nitrogen and oxygen atoms in total. The summed E-state index contributed by atoms with van der Waals surface area (Å²) >= 11 is 0. The minimum atomic E-state index is -0.594. The zero-order chi connectivity index (χ0) is 13.0. The summed E-state index contributed by atoms with van der Waals surface area (Å²) < 4.78 is 18.6. The molecule has 1 aromatic rings. The van der Waals surface area contributed by atoms with E-state index in [0.717, 1.165) is 25.7 Å². The van der Waals surface area contributed by atoms with Crippen LogP contribution in [0.5, 0.6) is 5.75 Å². The highest BCUT2D eigenvalue weighted by atomic mass is 19.1.